The third-order valence-electron chi connectivity index (χ3n) is 2.76. The molecule has 7 heteroatoms. The maximum absolute atomic E-state index is 12.6. The zero-order valence-electron chi connectivity index (χ0n) is 11.3. The first-order chi connectivity index (χ1) is 9.57. The first kappa shape index (κ1) is 14.3. The van der Waals surface area contributed by atoms with Gasteiger partial charge in [0.05, 0.1) is 11.9 Å². The Hall–Kier alpha value is -2.15. The summed E-state index contributed by atoms with van der Waals surface area (Å²) in [7, 11) is -2.18. The second-order valence-electron chi connectivity index (χ2n) is 4.06. The van der Waals surface area contributed by atoms with Gasteiger partial charge in [-0.1, -0.05) is 0 Å². The van der Waals surface area contributed by atoms with Gasteiger partial charge in [0.2, 0.25) is 0 Å². The van der Waals surface area contributed by atoms with Gasteiger partial charge in [-0.3, -0.25) is 9.29 Å². The Morgan fingerprint density at radius 3 is 2.65 bits per heavy atom. The van der Waals surface area contributed by atoms with E-state index in [0.717, 1.165) is 0 Å². The Labute approximate surface area is 118 Å². The fourth-order valence-electron chi connectivity index (χ4n) is 1.73. The van der Waals surface area contributed by atoms with Crippen LogP contribution in [0.4, 0.5) is 11.5 Å². The van der Waals surface area contributed by atoms with E-state index < -0.39 is 10.0 Å². The SMILES string of the molecule is CCNc1ncccc1S(=O)(=O)N(C)c1cccnc1. The van der Waals surface area contributed by atoms with Gasteiger partial charge in [-0.15, -0.1) is 0 Å². The lowest BCUT2D eigenvalue weighted by atomic mass is 10.4. The first-order valence-corrected chi connectivity index (χ1v) is 7.59. The first-order valence-electron chi connectivity index (χ1n) is 6.15. The number of aromatic nitrogens is 2. The van der Waals surface area contributed by atoms with Gasteiger partial charge in [-0.05, 0) is 31.2 Å². The van der Waals surface area contributed by atoms with Gasteiger partial charge in [-0.25, -0.2) is 13.4 Å². The molecule has 0 aliphatic heterocycles. The van der Waals surface area contributed by atoms with E-state index in [1.807, 2.05) is 6.92 Å². The van der Waals surface area contributed by atoms with Crippen molar-refractivity contribution in [3.8, 4) is 0 Å². The summed E-state index contributed by atoms with van der Waals surface area (Å²) in [5.41, 5.74) is 0.499. The van der Waals surface area contributed by atoms with Crippen LogP contribution in [0.15, 0.2) is 47.8 Å². The molecule has 106 valence electrons. The normalized spacial score (nSPS) is 11.1. The van der Waals surface area contributed by atoms with Gasteiger partial charge < -0.3 is 5.32 Å². The summed E-state index contributed by atoms with van der Waals surface area (Å²) >= 11 is 0. The third kappa shape index (κ3) is 2.72. The molecule has 0 atom stereocenters. The van der Waals surface area contributed by atoms with Crippen LogP contribution in [-0.2, 0) is 10.0 Å². The van der Waals surface area contributed by atoms with Crippen LogP contribution < -0.4 is 9.62 Å². The molecule has 0 bridgehead atoms. The summed E-state index contributed by atoms with van der Waals surface area (Å²) in [5, 5.41) is 2.96. The van der Waals surface area contributed by atoms with Crippen molar-refractivity contribution in [2.45, 2.75) is 11.8 Å². The van der Waals surface area contributed by atoms with Crippen LogP contribution in [0, 0.1) is 0 Å². The average molecular weight is 292 g/mol. The molecule has 20 heavy (non-hydrogen) atoms. The fraction of sp³-hybridized carbons (Fsp3) is 0.231. The molecule has 2 aromatic rings. The van der Waals surface area contributed by atoms with Crippen LogP contribution >= 0.6 is 0 Å². The number of hydrogen-bond donors (Lipinski definition) is 1. The predicted molar refractivity (Wildman–Crippen MR) is 78.2 cm³/mol. The van der Waals surface area contributed by atoms with E-state index in [9.17, 15) is 8.42 Å². The van der Waals surface area contributed by atoms with Gasteiger partial charge in [-0.2, -0.15) is 0 Å². The highest BCUT2D eigenvalue weighted by Crippen LogP contribution is 2.25. The van der Waals surface area contributed by atoms with E-state index in [2.05, 4.69) is 15.3 Å². The largest absolute Gasteiger partial charge is 0.369 e. The number of nitrogens with one attached hydrogen (secondary N) is 1. The topological polar surface area (TPSA) is 75.2 Å². The molecule has 2 aromatic heterocycles. The number of sulfonamides is 1. The lowest BCUT2D eigenvalue weighted by Gasteiger charge is -2.20. The molecule has 0 spiro atoms. The van der Waals surface area contributed by atoms with E-state index in [-0.39, 0.29) is 4.90 Å². The monoisotopic (exact) mass is 292 g/mol. The van der Waals surface area contributed by atoms with Crippen LogP contribution in [0.1, 0.15) is 6.92 Å². The van der Waals surface area contributed by atoms with E-state index in [0.29, 0.717) is 18.1 Å². The molecule has 0 saturated carbocycles. The second kappa shape index (κ2) is 5.87. The van der Waals surface area contributed by atoms with Crippen molar-refractivity contribution in [2.24, 2.45) is 0 Å². The zero-order chi connectivity index (χ0) is 14.6. The minimum atomic E-state index is -3.68. The minimum absolute atomic E-state index is 0.146. The van der Waals surface area contributed by atoms with Crippen molar-refractivity contribution in [3.05, 3.63) is 42.9 Å². The van der Waals surface area contributed by atoms with Crippen molar-refractivity contribution in [2.75, 3.05) is 23.2 Å². The van der Waals surface area contributed by atoms with Crippen molar-refractivity contribution < 1.29 is 8.42 Å². The molecule has 0 aliphatic carbocycles. The van der Waals surface area contributed by atoms with Crippen LogP contribution in [0.3, 0.4) is 0 Å². The van der Waals surface area contributed by atoms with Crippen molar-refractivity contribution in [1.82, 2.24) is 9.97 Å². The number of hydrogen-bond acceptors (Lipinski definition) is 5. The average Bonchev–Trinajstić information content (AvgIpc) is 2.48. The fourth-order valence-corrected chi connectivity index (χ4v) is 3.03. The maximum atomic E-state index is 12.6. The lowest BCUT2D eigenvalue weighted by molar-refractivity contribution is 0.594. The van der Waals surface area contributed by atoms with Gasteiger partial charge in [0.1, 0.15) is 10.7 Å². The Bertz CT molecular complexity index is 674. The standard InChI is InChI=1S/C13H16N4O2S/c1-3-15-13-12(7-5-9-16-13)20(18,19)17(2)11-6-4-8-14-10-11/h4-10H,3H2,1-2H3,(H,15,16). The van der Waals surface area contributed by atoms with Gasteiger partial charge in [0.25, 0.3) is 10.0 Å². The van der Waals surface area contributed by atoms with Crippen molar-refractivity contribution >= 4 is 21.5 Å². The molecule has 6 nitrogen and oxygen atoms in total. The van der Waals surface area contributed by atoms with E-state index in [4.69, 9.17) is 0 Å². The van der Waals surface area contributed by atoms with Crippen LogP contribution in [0.5, 0.6) is 0 Å². The number of rotatable bonds is 5. The van der Waals surface area contributed by atoms with Crippen molar-refractivity contribution in [1.29, 1.82) is 0 Å². The molecular formula is C13H16N4O2S. The highest BCUT2D eigenvalue weighted by molar-refractivity contribution is 7.93. The highest BCUT2D eigenvalue weighted by Gasteiger charge is 2.25. The number of anilines is 2. The van der Waals surface area contributed by atoms with E-state index in [1.54, 1.807) is 30.6 Å². The molecule has 0 amide bonds. The Balaban J connectivity index is 2.45. The van der Waals surface area contributed by atoms with Crippen LogP contribution in [0.25, 0.3) is 0 Å². The quantitative estimate of drug-likeness (QED) is 0.908. The molecular weight excluding hydrogens is 276 g/mol. The number of pyridine rings is 2. The molecule has 1 N–H and O–H groups in total. The molecule has 0 saturated heterocycles. The molecule has 0 unspecified atom stereocenters. The van der Waals surface area contributed by atoms with Crippen LogP contribution in [-0.4, -0.2) is 32.0 Å². The lowest BCUT2D eigenvalue weighted by Crippen LogP contribution is -2.27. The molecule has 2 rings (SSSR count). The van der Waals surface area contributed by atoms with E-state index >= 15 is 0 Å². The molecule has 0 aromatic carbocycles. The summed E-state index contributed by atoms with van der Waals surface area (Å²) in [5.74, 6) is 0.353. The smallest absolute Gasteiger partial charge is 0.267 e. The summed E-state index contributed by atoms with van der Waals surface area (Å²) < 4.78 is 26.5. The van der Waals surface area contributed by atoms with Gasteiger partial charge >= 0.3 is 0 Å². The molecule has 0 radical (unpaired) electrons. The Kier molecular flexibility index (Phi) is 4.19. The Morgan fingerprint density at radius 2 is 2.00 bits per heavy atom. The minimum Gasteiger partial charge on any atom is -0.369 e. The molecule has 0 aliphatic rings. The molecule has 0 fully saturated rings. The maximum Gasteiger partial charge on any atom is 0.267 e. The van der Waals surface area contributed by atoms with Crippen LogP contribution in [0.2, 0.25) is 0 Å². The summed E-state index contributed by atoms with van der Waals surface area (Å²) in [6.45, 7) is 2.48. The highest BCUT2D eigenvalue weighted by atomic mass is 32.2. The van der Waals surface area contributed by atoms with Crippen molar-refractivity contribution in [3.63, 3.8) is 0 Å². The predicted octanol–water partition coefficient (Wildman–Crippen LogP) is 1.73. The summed E-state index contributed by atoms with van der Waals surface area (Å²) in [6.07, 6.45) is 4.65. The van der Waals surface area contributed by atoms with Gasteiger partial charge in [0.15, 0.2) is 0 Å². The zero-order valence-corrected chi connectivity index (χ0v) is 12.1. The second-order valence-corrected chi connectivity index (χ2v) is 6.00. The Morgan fingerprint density at radius 1 is 1.25 bits per heavy atom. The van der Waals surface area contributed by atoms with E-state index in [1.165, 1.54) is 23.6 Å². The molecule has 2 heterocycles. The van der Waals surface area contributed by atoms with Gasteiger partial charge in [0, 0.05) is 26.0 Å². The summed E-state index contributed by atoms with van der Waals surface area (Å²) in [6, 6.07) is 6.52. The summed E-state index contributed by atoms with van der Waals surface area (Å²) in [4.78, 5) is 8.16. The third-order valence-corrected chi connectivity index (χ3v) is 4.58. The number of nitrogens with zero attached hydrogens (tertiary/aromatic N) is 3.